The van der Waals surface area contributed by atoms with Gasteiger partial charge in [-0.3, -0.25) is 4.79 Å². The number of aryl methyl sites for hydroxylation is 1. The Kier molecular flexibility index (Phi) is 6.20. The molecule has 0 aliphatic rings. The normalized spacial score (nSPS) is 11.3. The summed E-state index contributed by atoms with van der Waals surface area (Å²) in [5, 5.41) is 2.34. The summed E-state index contributed by atoms with van der Waals surface area (Å²) in [6.45, 7) is 1.84. The maximum absolute atomic E-state index is 13.6. The van der Waals surface area contributed by atoms with Gasteiger partial charge in [-0.2, -0.15) is 13.2 Å². The molecular weight excluding hydrogens is 354 g/mol. The molecule has 0 radical (unpaired) electrons. The highest BCUT2D eigenvalue weighted by atomic mass is 19.4. The van der Waals surface area contributed by atoms with E-state index in [9.17, 15) is 22.4 Å². The van der Waals surface area contributed by atoms with Crippen molar-refractivity contribution in [2.24, 2.45) is 0 Å². The molecule has 0 heterocycles. The van der Waals surface area contributed by atoms with E-state index >= 15 is 0 Å². The number of carbonyl (C=O) groups is 1. The number of amides is 1. The summed E-state index contributed by atoms with van der Waals surface area (Å²) >= 11 is 0. The van der Waals surface area contributed by atoms with E-state index in [0.29, 0.717) is 5.56 Å². The minimum atomic E-state index is -4.58. The lowest BCUT2D eigenvalue weighted by Crippen LogP contribution is -2.15. The van der Waals surface area contributed by atoms with E-state index < -0.39 is 23.5 Å². The standard InChI is InChI=1S/C18H17F4NO3/c1-11-3-4-12(9-14(11)19)17(24)23-15-10-13(18(20,21)22)5-6-16(15)26-8-7-25-2/h3-6,9-10H,7-8H2,1-2H3,(H,23,24). The number of anilines is 1. The molecule has 0 saturated carbocycles. The zero-order chi connectivity index (χ0) is 19.3. The van der Waals surface area contributed by atoms with Gasteiger partial charge in [0.1, 0.15) is 18.2 Å². The monoisotopic (exact) mass is 371 g/mol. The lowest BCUT2D eigenvalue weighted by atomic mass is 10.1. The molecule has 1 N–H and O–H groups in total. The summed E-state index contributed by atoms with van der Waals surface area (Å²) in [5.74, 6) is -1.28. The van der Waals surface area contributed by atoms with Gasteiger partial charge in [-0.25, -0.2) is 4.39 Å². The van der Waals surface area contributed by atoms with Crippen LogP contribution < -0.4 is 10.1 Å². The number of nitrogens with one attached hydrogen (secondary N) is 1. The van der Waals surface area contributed by atoms with Crippen molar-refractivity contribution >= 4 is 11.6 Å². The van der Waals surface area contributed by atoms with Crippen molar-refractivity contribution < 1.29 is 31.8 Å². The van der Waals surface area contributed by atoms with Gasteiger partial charge in [0.05, 0.1) is 17.9 Å². The number of methoxy groups -OCH3 is 1. The van der Waals surface area contributed by atoms with E-state index in [2.05, 4.69) is 5.32 Å². The van der Waals surface area contributed by atoms with Crippen molar-refractivity contribution in [3.63, 3.8) is 0 Å². The molecule has 8 heteroatoms. The maximum atomic E-state index is 13.6. The molecule has 26 heavy (non-hydrogen) atoms. The van der Waals surface area contributed by atoms with Crippen molar-refractivity contribution in [2.45, 2.75) is 13.1 Å². The largest absolute Gasteiger partial charge is 0.489 e. The molecule has 2 aromatic rings. The van der Waals surface area contributed by atoms with Gasteiger partial charge >= 0.3 is 6.18 Å². The Balaban J connectivity index is 2.31. The fourth-order valence-electron chi connectivity index (χ4n) is 2.09. The third kappa shape index (κ3) is 4.95. The van der Waals surface area contributed by atoms with Gasteiger partial charge in [0, 0.05) is 12.7 Å². The summed E-state index contributed by atoms with van der Waals surface area (Å²) in [4.78, 5) is 12.3. The Morgan fingerprint density at radius 2 is 1.85 bits per heavy atom. The van der Waals surface area contributed by atoms with Crippen molar-refractivity contribution in [1.82, 2.24) is 0 Å². The maximum Gasteiger partial charge on any atom is 0.416 e. The van der Waals surface area contributed by atoms with Crippen LogP contribution >= 0.6 is 0 Å². The first-order valence-corrected chi connectivity index (χ1v) is 7.63. The van der Waals surface area contributed by atoms with Gasteiger partial charge in [0.25, 0.3) is 5.91 Å². The van der Waals surface area contributed by atoms with Crippen LogP contribution in [0.4, 0.5) is 23.2 Å². The number of ether oxygens (including phenoxy) is 2. The van der Waals surface area contributed by atoms with Gasteiger partial charge in [-0.15, -0.1) is 0 Å². The third-order valence-electron chi connectivity index (χ3n) is 3.53. The van der Waals surface area contributed by atoms with E-state index in [1.807, 2.05) is 0 Å². The van der Waals surface area contributed by atoms with Gasteiger partial charge in [-0.1, -0.05) is 6.07 Å². The van der Waals surface area contributed by atoms with Crippen molar-refractivity contribution in [2.75, 3.05) is 25.6 Å². The second kappa shape index (κ2) is 8.18. The van der Waals surface area contributed by atoms with Gasteiger partial charge < -0.3 is 14.8 Å². The van der Waals surface area contributed by atoms with Crippen LogP contribution in [0.5, 0.6) is 5.75 Å². The molecule has 0 aliphatic heterocycles. The molecule has 0 saturated heterocycles. The number of alkyl halides is 3. The van der Waals surface area contributed by atoms with E-state index in [-0.39, 0.29) is 30.2 Å². The average molecular weight is 371 g/mol. The second-order valence-electron chi connectivity index (χ2n) is 5.47. The summed E-state index contributed by atoms with van der Waals surface area (Å²) in [7, 11) is 1.45. The highest BCUT2D eigenvalue weighted by molar-refractivity contribution is 6.05. The minimum Gasteiger partial charge on any atom is -0.489 e. The van der Waals surface area contributed by atoms with Crippen LogP contribution in [0.2, 0.25) is 0 Å². The first-order valence-electron chi connectivity index (χ1n) is 7.63. The molecule has 4 nitrogen and oxygen atoms in total. The quantitative estimate of drug-likeness (QED) is 0.604. The predicted octanol–water partition coefficient (Wildman–Crippen LogP) is 4.43. The molecule has 0 atom stereocenters. The molecule has 0 fully saturated rings. The van der Waals surface area contributed by atoms with E-state index in [0.717, 1.165) is 24.3 Å². The molecule has 0 bridgehead atoms. The molecular formula is C18H17F4NO3. The number of halogens is 4. The van der Waals surface area contributed by atoms with Gasteiger partial charge in [0.2, 0.25) is 0 Å². The van der Waals surface area contributed by atoms with Crippen LogP contribution in [0.3, 0.4) is 0 Å². The Bertz CT molecular complexity index is 790. The highest BCUT2D eigenvalue weighted by Gasteiger charge is 2.31. The minimum absolute atomic E-state index is 0.0200. The fraction of sp³-hybridized carbons (Fsp3) is 0.278. The zero-order valence-corrected chi connectivity index (χ0v) is 14.1. The Hall–Kier alpha value is -2.61. The topological polar surface area (TPSA) is 47.6 Å². The third-order valence-corrected chi connectivity index (χ3v) is 3.53. The highest BCUT2D eigenvalue weighted by Crippen LogP contribution is 2.35. The number of rotatable bonds is 6. The first-order chi connectivity index (χ1) is 12.2. The predicted molar refractivity (Wildman–Crippen MR) is 87.9 cm³/mol. The lowest BCUT2D eigenvalue weighted by Gasteiger charge is -2.15. The smallest absolute Gasteiger partial charge is 0.416 e. The van der Waals surface area contributed by atoms with E-state index in [1.54, 1.807) is 0 Å². The number of benzene rings is 2. The second-order valence-corrected chi connectivity index (χ2v) is 5.47. The molecule has 2 aromatic carbocycles. The number of carbonyl (C=O) groups excluding carboxylic acids is 1. The summed E-state index contributed by atoms with van der Waals surface area (Å²) < 4.78 is 62.6. The summed E-state index contributed by atoms with van der Waals surface area (Å²) in [5.41, 5.74) is -0.776. The van der Waals surface area contributed by atoms with Crippen LogP contribution in [0, 0.1) is 12.7 Å². The SMILES string of the molecule is COCCOc1ccc(C(F)(F)F)cc1NC(=O)c1ccc(C)c(F)c1. The average Bonchev–Trinajstić information content (AvgIpc) is 2.57. The molecule has 140 valence electrons. The molecule has 1 amide bonds. The Labute approximate surface area is 147 Å². The fourth-order valence-corrected chi connectivity index (χ4v) is 2.09. The van der Waals surface area contributed by atoms with Gasteiger partial charge in [0.15, 0.2) is 0 Å². The summed E-state index contributed by atoms with van der Waals surface area (Å²) in [6.07, 6.45) is -4.58. The Morgan fingerprint density at radius 3 is 2.46 bits per heavy atom. The van der Waals surface area contributed by atoms with Crippen LogP contribution in [-0.2, 0) is 10.9 Å². The van der Waals surface area contributed by atoms with Crippen LogP contribution in [0.25, 0.3) is 0 Å². The zero-order valence-electron chi connectivity index (χ0n) is 14.1. The molecule has 0 aliphatic carbocycles. The molecule has 0 unspecified atom stereocenters. The Morgan fingerprint density at radius 1 is 1.12 bits per heavy atom. The molecule has 2 rings (SSSR count). The van der Waals surface area contributed by atoms with Crippen LogP contribution in [-0.4, -0.2) is 26.2 Å². The van der Waals surface area contributed by atoms with Crippen LogP contribution in [0.15, 0.2) is 36.4 Å². The van der Waals surface area contributed by atoms with E-state index in [1.165, 1.54) is 26.2 Å². The van der Waals surface area contributed by atoms with E-state index in [4.69, 9.17) is 9.47 Å². The first kappa shape index (κ1) is 19.7. The van der Waals surface area contributed by atoms with Crippen molar-refractivity contribution in [3.8, 4) is 5.75 Å². The van der Waals surface area contributed by atoms with Crippen LogP contribution in [0.1, 0.15) is 21.5 Å². The molecule has 0 aromatic heterocycles. The van der Waals surface area contributed by atoms with Gasteiger partial charge in [-0.05, 0) is 42.8 Å². The lowest BCUT2D eigenvalue weighted by molar-refractivity contribution is -0.137. The molecule has 0 spiro atoms. The number of hydrogen-bond donors (Lipinski definition) is 1. The van der Waals surface area contributed by atoms with Crippen molar-refractivity contribution in [3.05, 3.63) is 58.9 Å². The summed E-state index contributed by atoms with van der Waals surface area (Å²) in [6, 6.07) is 6.54. The van der Waals surface area contributed by atoms with Crippen molar-refractivity contribution in [1.29, 1.82) is 0 Å². The number of hydrogen-bond acceptors (Lipinski definition) is 3.